The van der Waals surface area contributed by atoms with Crippen molar-refractivity contribution in [3.63, 3.8) is 0 Å². The number of nitrogens with zero attached hydrogens (tertiary/aromatic N) is 1. The van der Waals surface area contributed by atoms with Crippen LogP contribution in [0.3, 0.4) is 0 Å². The van der Waals surface area contributed by atoms with E-state index in [1.54, 1.807) is 0 Å². The van der Waals surface area contributed by atoms with E-state index in [1.807, 2.05) is 22.6 Å². The lowest BCUT2D eigenvalue weighted by Crippen LogP contribution is -2.10. The molecular formula is C10H10F2INO3. The minimum atomic E-state index is -2.76. The van der Waals surface area contributed by atoms with Crippen molar-refractivity contribution < 1.29 is 23.0 Å². The number of alkyl halides is 2. The third-order valence-corrected chi connectivity index (χ3v) is 2.79. The Morgan fingerprint density at radius 1 is 1.53 bits per heavy atom. The van der Waals surface area contributed by atoms with Gasteiger partial charge in [-0.25, -0.2) is 13.8 Å². The van der Waals surface area contributed by atoms with E-state index >= 15 is 0 Å². The normalized spacial score (nSPS) is 10.5. The topological polar surface area (TPSA) is 48.4 Å². The second kappa shape index (κ2) is 6.08. The third kappa shape index (κ3) is 3.48. The Kier molecular flexibility index (Phi) is 5.03. The highest BCUT2D eigenvalue weighted by molar-refractivity contribution is 14.1. The summed E-state index contributed by atoms with van der Waals surface area (Å²) in [5.74, 6) is -0.468. The van der Waals surface area contributed by atoms with Crippen LogP contribution in [0.2, 0.25) is 0 Å². The van der Waals surface area contributed by atoms with Crippen molar-refractivity contribution in [3.8, 4) is 5.88 Å². The highest BCUT2D eigenvalue weighted by atomic mass is 127. The lowest BCUT2D eigenvalue weighted by Gasteiger charge is -2.10. The van der Waals surface area contributed by atoms with Crippen LogP contribution in [-0.4, -0.2) is 25.2 Å². The lowest BCUT2D eigenvalue weighted by molar-refractivity contribution is -0.139. The molecule has 1 aromatic heterocycles. The van der Waals surface area contributed by atoms with E-state index < -0.39 is 18.1 Å². The number of carbonyl (C=O) groups excluding carboxylic acids is 1. The van der Waals surface area contributed by atoms with Crippen LogP contribution in [0, 0.1) is 3.57 Å². The molecule has 0 N–H and O–H groups in total. The maximum atomic E-state index is 12.8. The first-order valence-corrected chi connectivity index (χ1v) is 5.65. The summed E-state index contributed by atoms with van der Waals surface area (Å²) >= 11 is 1.90. The second-order valence-electron chi connectivity index (χ2n) is 3.08. The van der Waals surface area contributed by atoms with Gasteiger partial charge in [-0.05, 0) is 34.2 Å². The minimum Gasteiger partial charge on any atom is -0.480 e. The molecule has 1 aromatic rings. The van der Waals surface area contributed by atoms with Crippen LogP contribution in [-0.2, 0) is 16.0 Å². The highest BCUT2D eigenvalue weighted by Crippen LogP contribution is 2.28. The van der Waals surface area contributed by atoms with Gasteiger partial charge in [-0.1, -0.05) is 0 Å². The number of hydrogen-bond donors (Lipinski definition) is 0. The number of carbonyl (C=O) groups is 1. The van der Waals surface area contributed by atoms with Gasteiger partial charge < -0.3 is 9.47 Å². The number of ether oxygens (including phenoxy) is 2. The molecule has 94 valence electrons. The zero-order valence-electron chi connectivity index (χ0n) is 9.17. The van der Waals surface area contributed by atoms with E-state index in [1.165, 1.54) is 20.3 Å². The first-order valence-electron chi connectivity index (χ1n) is 4.57. The quantitative estimate of drug-likeness (QED) is 0.613. The summed E-state index contributed by atoms with van der Waals surface area (Å²) in [6, 6.07) is 1.45. The Morgan fingerprint density at radius 3 is 2.65 bits per heavy atom. The first-order chi connectivity index (χ1) is 7.99. The molecule has 1 rings (SSSR count). The fourth-order valence-corrected chi connectivity index (χ4v) is 1.94. The van der Waals surface area contributed by atoms with Crippen LogP contribution in [0.5, 0.6) is 5.88 Å². The number of esters is 1. The van der Waals surface area contributed by atoms with Crippen molar-refractivity contribution in [1.82, 2.24) is 4.98 Å². The summed E-state index contributed by atoms with van der Waals surface area (Å²) in [5, 5.41) is 0. The number of aromatic nitrogens is 1. The van der Waals surface area contributed by atoms with Crippen molar-refractivity contribution in [2.45, 2.75) is 12.8 Å². The number of rotatable bonds is 4. The zero-order chi connectivity index (χ0) is 13.0. The predicted molar refractivity (Wildman–Crippen MR) is 64.2 cm³/mol. The second-order valence-corrected chi connectivity index (χ2v) is 4.24. The molecule has 0 aliphatic rings. The number of hydrogen-bond acceptors (Lipinski definition) is 4. The fraction of sp³-hybridized carbons (Fsp3) is 0.400. The molecule has 1 heterocycles. The molecule has 0 aliphatic heterocycles. The Labute approximate surface area is 110 Å². The summed E-state index contributed by atoms with van der Waals surface area (Å²) in [6.45, 7) is 0. The van der Waals surface area contributed by atoms with Crippen molar-refractivity contribution >= 4 is 28.6 Å². The van der Waals surface area contributed by atoms with Crippen LogP contribution < -0.4 is 4.74 Å². The summed E-state index contributed by atoms with van der Waals surface area (Å²) < 4.78 is 35.4. The van der Waals surface area contributed by atoms with Gasteiger partial charge in [0.05, 0.1) is 24.2 Å². The Balaban J connectivity index is 3.18. The van der Waals surface area contributed by atoms with Crippen molar-refractivity contribution in [2.24, 2.45) is 0 Å². The maximum absolute atomic E-state index is 12.8. The molecule has 4 nitrogen and oxygen atoms in total. The molecule has 0 aromatic carbocycles. The van der Waals surface area contributed by atoms with E-state index in [9.17, 15) is 13.6 Å². The Bertz CT molecular complexity index is 426. The predicted octanol–water partition coefficient (Wildman–Crippen LogP) is 2.35. The Morgan fingerprint density at radius 2 is 2.18 bits per heavy atom. The zero-order valence-corrected chi connectivity index (χ0v) is 11.3. The minimum absolute atomic E-state index is 0.120. The molecule has 0 radical (unpaired) electrons. The largest absolute Gasteiger partial charge is 0.480 e. The van der Waals surface area contributed by atoms with Gasteiger partial charge in [-0.2, -0.15) is 0 Å². The number of pyridine rings is 1. The van der Waals surface area contributed by atoms with Gasteiger partial charge in [0, 0.05) is 0 Å². The van der Waals surface area contributed by atoms with E-state index in [0.717, 1.165) is 0 Å². The summed E-state index contributed by atoms with van der Waals surface area (Å²) in [7, 11) is 2.55. The van der Waals surface area contributed by atoms with Crippen molar-refractivity contribution in [3.05, 3.63) is 20.9 Å². The summed E-state index contributed by atoms with van der Waals surface area (Å²) in [6.07, 6.45) is -3.00. The summed E-state index contributed by atoms with van der Waals surface area (Å²) in [5.41, 5.74) is -0.301. The maximum Gasteiger partial charge on any atom is 0.310 e. The van der Waals surface area contributed by atoms with E-state index in [4.69, 9.17) is 4.74 Å². The van der Waals surface area contributed by atoms with Gasteiger partial charge in [-0.15, -0.1) is 0 Å². The van der Waals surface area contributed by atoms with Crippen LogP contribution >= 0.6 is 22.6 Å². The van der Waals surface area contributed by atoms with Gasteiger partial charge in [0.25, 0.3) is 6.43 Å². The Hall–Kier alpha value is -0.990. The van der Waals surface area contributed by atoms with E-state index in [2.05, 4.69) is 9.72 Å². The standard InChI is InChI=1S/C10H10F2INO3/c1-16-7(15)4-5-3-6(13)10(17-2)14-8(5)9(11)12/h3,9H,4H2,1-2H3. The van der Waals surface area contributed by atoms with Gasteiger partial charge in [-0.3, -0.25) is 4.79 Å². The first kappa shape index (κ1) is 14.1. The average Bonchev–Trinajstić information content (AvgIpc) is 2.28. The van der Waals surface area contributed by atoms with Crippen LogP contribution in [0.4, 0.5) is 8.78 Å². The third-order valence-electron chi connectivity index (χ3n) is 2.02. The van der Waals surface area contributed by atoms with Gasteiger partial charge >= 0.3 is 5.97 Å². The smallest absolute Gasteiger partial charge is 0.310 e. The number of halogens is 3. The van der Waals surface area contributed by atoms with Crippen molar-refractivity contribution in [1.29, 1.82) is 0 Å². The molecule has 17 heavy (non-hydrogen) atoms. The molecule has 0 unspecified atom stereocenters. The van der Waals surface area contributed by atoms with Gasteiger partial charge in [0.2, 0.25) is 5.88 Å². The van der Waals surface area contributed by atoms with Gasteiger partial charge in [0.15, 0.2) is 0 Å². The molecule has 7 heteroatoms. The van der Waals surface area contributed by atoms with E-state index in [-0.39, 0.29) is 17.9 Å². The molecule has 0 fully saturated rings. The molecule has 0 amide bonds. The monoisotopic (exact) mass is 357 g/mol. The molecule has 0 bridgehead atoms. The molecule has 0 atom stereocenters. The summed E-state index contributed by atoms with van der Waals surface area (Å²) in [4.78, 5) is 14.8. The lowest BCUT2D eigenvalue weighted by atomic mass is 10.1. The molecule has 0 spiro atoms. The number of methoxy groups -OCH3 is 2. The molecule has 0 saturated carbocycles. The van der Waals surface area contributed by atoms with Crippen LogP contribution in [0.1, 0.15) is 17.7 Å². The molecule has 0 aliphatic carbocycles. The van der Waals surface area contributed by atoms with E-state index in [0.29, 0.717) is 3.57 Å². The molecular weight excluding hydrogens is 347 g/mol. The SMILES string of the molecule is COC(=O)Cc1cc(I)c(OC)nc1C(F)F. The van der Waals surface area contributed by atoms with Crippen LogP contribution in [0.25, 0.3) is 0 Å². The highest BCUT2D eigenvalue weighted by Gasteiger charge is 2.20. The van der Waals surface area contributed by atoms with Gasteiger partial charge in [0.1, 0.15) is 5.69 Å². The van der Waals surface area contributed by atoms with Crippen molar-refractivity contribution in [2.75, 3.05) is 14.2 Å². The molecule has 0 saturated heterocycles. The van der Waals surface area contributed by atoms with Crippen LogP contribution in [0.15, 0.2) is 6.07 Å². The average molecular weight is 357 g/mol. The fourth-order valence-electron chi connectivity index (χ4n) is 1.22.